The van der Waals surface area contributed by atoms with Gasteiger partial charge in [-0.15, -0.1) is 0 Å². The summed E-state index contributed by atoms with van der Waals surface area (Å²) in [5.74, 6) is 6.60. The number of aliphatic hydroxyl groups excluding tert-OH is 1. The average Bonchev–Trinajstić information content (AvgIpc) is 2.66. The first-order valence-electron chi connectivity index (χ1n) is 7.87. The summed E-state index contributed by atoms with van der Waals surface area (Å²) < 4.78 is 7.35. The number of pyridine rings is 1. The molecule has 2 aliphatic heterocycles. The van der Waals surface area contributed by atoms with E-state index in [1.54, 1.807) is 23.4 Å². The van der Waals surface area contributed by atoms with Crippen LogP contribution in [0.5, 0.6) is 5.75 Å². The number of carbonyl (C=O) groups excluding carboxylic acids is 1. The normalized spacial score (nSPS) is 26.6. The van der Waals surface area contributed by atoms with Crippen LogP contribution in [0, 0.1) is 0 Å². The number of ether oxygens (including phenoxy) is 1. The molecule has 128 valence electrons. The Kier molecular flexibility index (Phi) is 5.20. The van der Waals surface area contributed by atoms with Gasteiger partial charge in [-0.3, -0.25) is 4.79 Å². The molecule has 0 saturated carbocycles. The Bertz CT molecular complexity index is 594. The van der Waals surface area contributed by atoms with Crippen molar-refractivity contribution in [2.75, 3.05) is 12.4 Å². The fraction of sp³-hybridized carbons (Fsp3) is 0.625. The number of fused-ring (bicyclic) bond motifs is 1. The van der Waals surface area contributed by atoms with E-state index in [0.717, 1.165) is 24.8 Å². The average molecular weight is 386 g/mol. The summed E-state index contributed by atoms with van der Waals surface area (Å²) in [5.41, 5.74) is 0.0115. The van der Waals surface area contributed by atoms with Crippen molar-refractivity contribution in [3.8, 4) is 5.75 Å². The van der Waals surface area contributed by atoms with Crippen LogP contribution in [0.15, 0.2) is 18.5 Å². The maximum atomic E-state index is 12.5. The molecule has 0 spiro atoms. The highest BCUT2D eigenvalue weighted by atomic mass is 79.9. The molecule has 0 radical (unpaired) electrons. The Morgan fingerprint density at radius 1 is 1.39 bits per heavy atom. The second kappa shape index (κ2) is 6.65. The first-order valence-corrected chi connectivity index (χ1v) is 7.87. The Morgan fingerprint density at radius 2 is 2.13 bits per heavy atom. The van der Waals surface area contributed by atoms with Crippen LogP contribution < -0.4 is 32.2 Å². The molecular formula is C16H24BrN3O3. The van der Waals surface area contributed by atoms with Gasteiger partial charge in [0.15, 0.2) is 0 Å². The molecule has 3 N–H and O–H groups in total. The zero-order valence-electron chi connectivity index (χ0n) is 13.5. The minimum atomic E-state index is -0.801. The molecule has 1 aromatic heterocycles. The standard InChI is InChI=1S/C16H24N3O3.BrH/c1-16(2)15(21)14(19-8-5-3-4-6-13(19)20)11-10-18(17)9-7-12(11)22-16;/h7,9-10,14-15,21H,3-6,8,17H2,1-2H3;1H/q+1;/p-1. The number of rotatable bonds is 1. The van der Waals surface area contributed by atoms with Crippen molar-refractivity contribution >= 4 is 5.91 Å². The number of amides is 1. The van der Waals surface area contributed by atoms with E-state index in [1.165, 1.54) is 4.68 Å². The first kappa shape index (κ1) is 18.0. The number of aromatic nitrogens is 1. The molecule has 6 nitrogen and oxygen atoms in total. The lowest BCUT2D eigenvalue weighted by molar-refractivity contribution is -0.639. The maximum Gasteiger partial charge on any atom is 0.223 e. The summed E-state index contributed by atoms with van der Waals surface area (Å²) in [4.78, 5) is 14.3. The van der Waals surface area contributed by atoms with E-state index >= 15 is 0 Å². The highest BCUT2D eigenvalue weighted by Gasteiger charge is 2.47. The van der Waals surface area contributed by atoms with Crippen molar-refractivity contribution < 1.29 is 36.3 Å². The van der Waals surface area contributed by atoms with Crippen LogP contribution in [0.4, 0.5) is 0 Å². The third-order valence-electron chi connectivity index (χ3n) is 4.62. The molecule has 1 saturated heterocycles. The second-order valence-electron chi connectivity index (χ2n) is 6.70. The molecule has 23 heavy (non-hydrogen) atoms. The lowest BCUT2D eigenvalue weighted by atomic mass is 9.86. The minimum Gasteiger partial charge on any atom is -1.00 e. The predicted molar refractivity (Wildman–Crippen MR) is 80.4 cm³/mol. The van der Waals surface area contributed by atoms with Gasteiger partial charge in [0.2, 0.25) is 18.3 Å². The summed E-state index contributed by atoms with van der Waals surface area (Å²) in [6.07, 6.45) is 6.09. The monoisotopic (exact) mass is 385 g/mol. The summed E-state index contributed by atoms with van der Waals surface area (Å²) in [7, 11) is 0. The smallest absolute Gasteiger partial charge is 0.223 e. The molecular weight excluding hydrogens is 362 g/mol. The van der Waals surface area contributed by atoms with Crippen molar-refractivity contribution in [2.24, 2.45) is 0 Å². The third-order valence-corrected chi connectivity index (χ3v) is 4.62. The number of likely N-dealkylation sites (tertiary alicyclic amines) is 1. The molecule has 1 aromatic rings. The number of carbonyl (C=O) groups is 1. The summed E-state index contributed by atoms with van der Waals surface area (Å²) >= 11 is 0. The van der Waals surface area contributed by atoms with E-state index < -0.39 is 17.7 Å². The summed E-state index contributed by atoms with van der Waals surface area (Å²) in [6.45, 7) is 4.36. The van der Waals surface area contributed by atoms with E-state index in [1.807, 2.05) is 13.8 Å². The SMILES string of the molecule is CC1(C)Oc2cc[n+](N)cc2C(N2CCCCCC2=O)C1O.[Br-]. The largest absolute Gasteiger partial charge is 1.00 e. The number of hydrogen-bond donors (Lipinski definition) is 2. The van der Waals surface area contributed by atoms with Crippen LogP contribution in [0.3, 0.4) is 0 Å². The summed E-state index contributed by atoms with van der Waals surface area (Å²) in [6, 6.07) is 1.37. The molecule has 2 atom stereocenters. The Hall–Kier alpha value is -1.34. The Balaban J connectivity index is 0.00000192. The fourth-order valence-corrected chi connectivity index (χ4v) is 3.36. The number of nitrogens with two attached hydrogens (primary N) is 1. The van der Waals surface area contributed by atoms with Gasteiger partial charge in [-0.1, -0.05) is 11.1 Å². The summed E-state index contributed by atoms with van der Waals surface area (Å²) in [5, 5.41) is 10.8. The molecule has 2 aliphatic rings. The highest BCUT2D eigenvalue weighted by molar-refractivity contribution is 5.77. The van der Waals surface area contributed by atoms with Gasteiger partial charge in [0.1, 0.15) is 17.5 Å². The van der Waals surface area contributed by atoms with E-state index in [4.69, 9.17) is 10.6 Å². The van der Waals surface area contributed by atoms with Crippen LogP contribution in [-0.2, 0) is 4.79 Å². The zero-order chi connectivity index (χ0) is 15.9. The van der Waals surface area contributed by atoms with E-state index in [-0.39, 0.29) is 22.9 Å². The molecule has 1 amide bonds. The fourth-order valence-electron chi connectivity index (χ4n) is 3.36. The van der Waals surface area contributed by atoms with E-state index in [0.29, 0.717) is 18.7 Å². The van der Waals surface area contributed by atoms with Crippen LogP contribution in [0.2, 0.25) is 0 Å². The van der Waals surface area contributed by atoms with Crippen LogP contribution in [-0.4, -0.2) is 34.2 Å². The van der Waals surface area contributed by atoms with Gasteiger partial charge in [0.05, 0.1) is 11.6 Å². The Morgan fingerprint density at radius 3 is 2.87 bits per heavy atom. The van der Waals surface area contributed by atoms with Gasteiger partial charge < -0.3 is 31.7 Å². The molecule has 2 unspecified atom stereocenters. The van der Waals surface area contributed by atoms with Crippen molar-refractivity contribution in [1.29, 1.82) is 0 Å². The van der Waals surface area contributed by atoms with Gasteiger partial charge in [-0.25, -0.2) is 5.84 Å². The number of halogens is 1. The van der Waals surface area contributed by atoms with Gasteiger partial charge in [0, 0.05) is 19.0 Å². The van der Waals surface area contributed by atoms with Crippen molar-refractivity contribution in [3.63, 3.8) is 0 Å². The molecule has 0 aliphatic carbocycles. The third kappa shape index (κ3) is 3.30. The first-order chi connectivity index (χ1) is 10.4. The van der Waals surface area contributed by atoms with Crippen molar-refractivity contribution in [1.82, 2.24) is 4.90 Å². The van der Waals surface area contributed by atoms with Crippen molar-refractivity contribution in [3.05, 3.63) is 24.0 Å². The molecule has 3 heterocycles. The van der Waals surface area contributed by atoms with E-state index in [2.05, 4.69) is 0 Å². The topological polar surface area (TPSA) is 79.7 Å². The molecule has 0 aromatic carbocycles. The lowest BCUT2D eigenvalue weighted by Crippen LogP contribution is -3.00. The maximum absolute atomic E-state index is 12.5. The van der Waals surface area contributed by atoms with Gasteiger partial charge in [0.25, 0.3) is 0 Å². The number of nitrogens with zero attached hydrogens (tertiary/aromatic N) is 2. The predicted octanol–water partition coefficient (Wildman–Crippen LogP) is -2.33. The minimum absolute atomic E-state index is 0. The quantitative estimate of drug-likeness (QED) is 0.419. The van der Waals surface area contributed by atoms with Crippen LogP contribution >= 0.6 is 0 Å². The van der Waals surface area contributed by atoms with E-state index in [9.17, 15) is 9.90 Å². The molecule has 0 bridgehead atoms. The number of hydrogen-bond acceptors (Lipinski definition) is 4. The zero-order valence-corrected chi connectivity index (χ0v) is 15.1. The lowest BCUT2D eigenvalue weighted by Gasteiger charge is -2.45. The number of nitrogen functional groups attached to an aromatic ring is 1. The second-order valence-corrected chi connectivity index (χ2v) is 6.70. The molecule has 3 rings (SSSR count). The van der Waals surface area contributed by atoms with Gasteiger partial charge in [-0.2, -0.15) is 0 Å². The molecule has 1 fully saturated rings. The van der Waals surface area contributed by atoms with Crippen LogP contribution in [0.25, 0.3) is 0 Å². The van der Waals surface area contributed by atoms with Crippen molar-refractivity contribution in [2.45, 2.75) is 57.3 Å². The van der Waals surface area contributed by atoms with Crippen LogP contribution in [0.1, 0.15) is 51.1 Å². The van der Waals surface area contributed by atoms with Gasteiger partial charge in [-0.05, 0) is 26.7 Å². The highest BCUT2D eigenvalue weighted by Crippen LogP contribution is 2.42. The Labute approximate surface area is 147 Å². The number of aliphatic hydroxyl groups is 1. The van der Waals surface area contributed by atoms with Gasteiger partial charge >= 0.3 is 0 Å². The molecule has 7 heteroatoms.